The molecule has 2 aromatic rings. The molecule has 1 heterocycles. The maximum absolute atomic E-state index is 12.4. The number of rotatable bonds is 6. The number of amides is 2. The smallest absolute Gasteiger partial charge is 0.407 e. The Labute approximate surface area is 159 Å². The van der Waals surface area contributed by atoms with Crippen LogP contribution in [0.5, 0.6) is 0 Å². The normalized spacial score (nSPS) is 12.1. The van der Waals surface area contributed by atoms with E-state index in [9.17, 15) is 9.59 Å². The highest BCUT2D eigenvalue weighted by molar-refractivity contribution is 5.86. The lowest BCUT2D eigenvalue weighted by molar-refractivity contribution is -0.126. The second kappa shape index (κ2) is 9.14. The third-order valence-electron chi connectivity index (χ3n) is 3.99. The monoisotopic (exact) mass is 370 g/mol. The van der Waals surface area contributed by atoms with Gasteiger partial charge in [0.05, 0.1) is 12.8 Å². The Hall–Kier alpha value is -2.93. The summed E-state index contributed by atoms with van der Waals surface area (Å²) < 4.78 is 4.59. The van der Waals surface area contributed by atoms with Crippen molar-refractivity contribution in [2.24, 2.45) is 5.41 Å². The molecule has 1 unspecified atom stereocenters. The number of carbonyl (C=O) groups is 2. The maximum Gasteiger partial charge on any atom is 0.407 e. The molecule has 0 spiro atoms. The summed E-state index contributed by atoms with van der Waals surface area (Å²) in [5, 5.41) is 2.56. The summed E-state index contributed by atoms with van der Waals surface area (Å²) >= 11 is 0. The van der Waals surface area contributed by atoms with E-state index in [4.69, 9.17) is 0 Å². The predicted octanol–water partition coefficient (Wildman–Crippen LogP) is 2.64. The van der Waals surface area contributed by atoms with Crippen molar-refractivity contribution < 1.29 is 14.3 Å². The van der Waals surface area contributed by atoms with Crippen LogP contribution in [-0.2, 0) is 16.1 Å². The summed E-state index contributed by atoms with van der Waals surface area (Å²) in [5.74, 6) is -0.335. The van der Waals surface area contributed by atoms with E-state index >= 15 is 0 Å². The van der Waals surface area contributed by atoms with Crippen molar-refractivity contribution in [1.29, 1.82) is 0 Å². The van der Waals surface area contributed by atoms with Gasteiger partial charge in [0.15, 0.2) is 0 Å². The summed E-state index contributed by atoms with van der Waals surface area (Å²) in [6.45, 7) is 6.04. The van der Waals surface area contributed by atoms with Gasteiger partial charge in [-0.3, -0.25) is 15.2 Å². The molecule has 0 saturated carbocycles. The highest BCUT2D eigenvalue weighted by Crippen LogP contribution is 2.19. The second-order valence-corrected chi connectivity index (χ2v) is 7.19. The number of hydrazine groups is 1. The molecule has 0 fully saturated rings. The zero-order chi connectivity index (χ0) is 19.9. The molecule has 0 saturated heterocycles. The van der Waals surface area contributed by atoms with E-state index in [1.807, 2.05) is 63.2 Å². The maximum atomic E-state index is 12.4. The van der Waals surface area contributed by atoms with Gasteiger partial charge < -0.3 is 10.1 Å². The van der Waals surface area contributed by atoms with E-state index in [0.29, 0.717) is 6.54 Å². The van der Waals surface area contributed by atoms with Gasteiger partial charge in [0.25, 0.3) is 5.91 Å². The fourth-order valence-corrected chi connectivity index (χ4v) is 2.48. The molecule has 0 radical (unpaired) electrons. The average Bonchev–Trinajstić information content (AvgIpc) is 2.66. The van der Waals surface area contributed by atoms with Gasteiger partial charge >= 0.3 is 6.09 Å². The zero-order valence-electron chi connectivity index (χ0n) is 16.1. The van der Waals surface area contributed by atoms with E-state index in [0.717, 1.165) is 16.8 Å². The van der Waals surface area contributed by atoms with Crippen LogP contribution < -0.4 is 16.2 Å². The first kappa shape index (κ1) is 20.4. The lowest BCUT2D eigenvalue weighted by Crippen LogP contribution is -2.56. The molecule has 1 aromatic carbocycles. The van der Waals surface area contributed by atoms with E-state index in [2.05, 4.69) is 25.9 Å². The van der Waals surface area contributed by atoms with Crippen molar-refractivity contribution >= 4 is 12.0 Å². The van der Waals surface area contributed by atoms with Crippen LogP contribution in [0.4, 0.5) is 4.79 Å². The van der Waals surface area contributed by atoms with Gasteiger partial charge in [0.2, 0.25) is 0 Å². The quantitative estimate of drug-likeness (QED) is 0.680. The molecular weight excluding hydrogens is 344 g/mol. The third kappa shape index (κ3) is 6.07. The molecule has 1 atom stereocenters. The van der Waals surface area contributed by atoms with Gasteiger partial charge in [-0.2, -0.15) is 0 Å². The van der Waals surface area contributed by atoms with E-state index in [1.54, 1.807) is 6.20 Å². The molecule has 7 heteroatoms. The highest BCUT2D eigenvalue weighted by Gasteiger charge is 2.33. The second-order valence-electron chi connectivity index (χ2n) is 7.19. The van der Waals surface area contributed by atoms with E-state index in [1.165, 1.54) is 7.11 Å². The summed E-state index contributed by atoms with van der Waals surface area (Å²) in [4.78, 5) is 28.2. The number of aromatic nitrogens is 1. The Bertz CT molecular complexity index is 755. The topological polar surface area (TPSA) is 92.3 Å². The van der Waals surface area contributed by atoms with Crippen LogP contribution in [0.1, 0.15) is 26.3 Å². The minimum Gasteiger partial charge on any atom is -0.453 e. The minimum absolute atomic E-state index is 0.335. The molecule has 7 nitrogen and oxygen atoms in total. The minimum atomic E-state index is -0.732. The van der Waals surface area contributed by atoms with Gasteiger partial charge in [-0.25, -0.2) is 10.2 Å². The third-order valence-corrected chi connectivity index (χ3v) is 3.99. The molecule has 144 valence electrons. The van der Waals surface area contributed by atoms with Crippen molar-refractivity contribution in [1.82, 2.24) is 21.2 Å². The van der Waals surface area contributed by atoms with Crippen molar-refractivity contribution in [2.75, 3.05) is 7.11 Å². The summed E-state index contributed by atoms with van der Waals surface area (Å²) in [6, 6.07) is 13.0. The number of nitrogens with zero attached hydrogens (tertiary/aromatic N) is 1. The van der Waals surface area contributed by atoms with Crippen molar-refractivity contribution in [3.05, 3.63) is 54.2 Å². The Morgan fingerprint density at radius 1 is 1.11 bits per heavy atom. The summed E-state index contributed by atoms with van der Waals surface area (Å²) in [5.41, 5.74) is 8.01. The van der Waals surface area contributed by atoms with Crippen LogP contribution in [0, 0.1) is 5.41 Å². The first-order valence-corrected chi connectivity index (χ1v) is 8.69. The Morgan fingerprint density at radius 2 is 1.81 bits per heavy atom. The highest BCUT2D eigenvalue weighted by atomic mass is 16.5. The molecule has 27 heavy (non-hydrogen) atoms. The Balaban J connectivity index is 1.90. The number of ether oxygens (including phenoxy) is 1. The van der Waals surface area contributed by atoms with Gasteiger partial charge in [0.1, 0.15) is 6.04 Å². The van der Waals surface area contributed by atoms with Gasteiger partial charge in [0, 0.05) is 18.3 Å². The van der Waals surface area contributed by atoms with Gasteiger partial charge in [-0.15, -0.1) is 0 Å². The summed E-state index contributed by atoms with van der Waals surface area (Å²) in [7, 11) is 1.26. The standard InChI is InChI=1S/C20H26N4O3/c1-20(2,3)17(23-19(26)27-4)18(25)24-22-13-14-8-10-15(11-9-14)16-7-5-6-12-21-16/h5-12,17,22H,13H2,1-4H3,(H,23,26)(H,24,25). The fourth-order valence-electron chi connectivity index (χ4n) is 2.48. The lowest BCUT2D eigenvalue weighted by Gasteiger charge is -2.29. The SMILES string of the molecule is COC(=O)NC(C(=O)NNCc1ccc(-c2ccccn2)cc1)C(C)(C)C. The number of methoxy groups -OCH3 is 1. The Morgan fingerprint density at radius 3 is 2.37 bits per heavy atom. The summed E-state index contributed by atoms with van der Waals surface area (Å²) in [6.07, 6.45) is 1.11. The number of pyridine rings is 1. The van der Waals surface area contributed by atoms with Crippen molar-refractivity contribution in [2.45, 2.75) is 33.4 Å². The van der Waals surface area contributed by atoms with Crippen LogP contribution in [0.25, 0.3) is 11.3 Å². The Kier molecular flexibility index (Phi) is 6.90. The largest absolute Gasteiger partial charge is 0.453 e. The molecule has 0 aliphatic carbocycles. The zero-order valence-corrected chi connectivity index (χ0v) is 16.1. The number of nitrogens with one attached hydrogen (secondary N) is 3. The molecule has 2 rings (SSSR count). The van der Waals surface area contributed by atoms with E-state index in [-0.39, 0.29) is 5.91 Å². The average molecular weight is 370 g/mol. The number of carbonyl (C=O) groups excluding carboxylic acids is 2. The molecule has 0 bridgehead atoms. The van der Waals surface area contributed by atoms with Gasteiger partial charge in [-0.05, 0) is 23.1 Å². The molecule has 0 aliphatic heterocycles. The number of hydrogen-bond acceptors (Lipinski definition) is 5. The van der Waals surface area contributed by atoms with Gasteiger partial charge in [-0.1, -0.05) is 51.1 Å². The number of alkyl carbamates (subject to hydrolysis) is 1. The van der Waals surface area contributed by atoms with Crippen LogP contribution in [0.15, 0.2) is 48.7 Å². The molecule has 0 aliphatic rings. The van der Waals surface area contributed by atoms with Crippen molar-refractivity contribution in [3.8, 4) is 11.3 Å². The first-order chi connectivity index (χ1) is 12.8. The number of benzene rings is 1. The lowest BCUT2D eigenvalue weighted by atomic mass is 9.86. The number of hydrogen-bond donors (Lipinski definition) is 3. The molecular formula is C20H26N4O3. The predicted molar refractivity (Wildman–Crippen MR) is 103 cm³/mol. The van der Waals surface area contributed by atoms with Crippen LogP contribution in [0.3, 0.4) is 0 Å². The van der Waals surface area contributed by atoms with Crippen LogP contribution in [0.2, 0.25) is 0 Å². The fraction of sp³-hybridized carbons (Fsp3) is 0.350. The van der Waals surface area contributed by atoms with E-state index < -0.39 is 17.6 Å². The molecule has 2 amide bonds. The van der Waals surface area contributed by atoms with Crippen LogP contribution in [-0.4, -0.2) is 30.1 Å². The molecule has 1 aromatic heterocycles. The molecule has 3 N–H and O–H groups in total. The van der Waals surface area contributed by atoms with Crippen molar-refractivity contribution in [3.63, 3.8) is 0 Å². The van der Waals surface area contributed by atoms with Crippen LogP contribution >= 0.6 is 0 Å². The first-order valence-electron chi connectivity index (χ1n) is 8.69.